The number of hydrogen-bond donors (Lipinski definition) is 0. The smallest absolute Gasteiger partial charge is 0.300 e. The Balaban J connectivity index is 2.27. The lowest BCUT2D eigenvalue weighted by atomic mass is 10.0. The molecule has 0 aliphatic rings. The highest BCUT2D eigenvalue weighted by molar-refractivity contribution is 5.65. The van der Waals surface area contributed by atoms with Crippen LogP contribution in [0, 0.1) is 20.8 Å². The summed E-state index contributed by atoms with van der Waals surface area (Å²) in [6, 6.07) is 6.33. The number of benzene rings is 1. The van der Waals surface area contributed by atoms with Crippen LogP contribution in [0.25, 0.3) is 17.1 Å². The normalized spacial score (nSPS) is 10.9. The Labute approximate surface area is 124 Å². The summed E-state index contributed by atoms with van der Waals surface area (Å²) < 4.78 is 4.17. The molecule has 0 saturated heterocycles. The van der Waals surface area contributed by atoms with Gasteiger partial charge in [0.15, 0.2) is 0 Å². The van der Waals surface area contributed by atoms with Crippen LogP contribution in [0.4, 0.5) is 0 Å². The predicted molar refractivity (Wildman–Crippen MR) is 82.2 cm³/mol. The second kappa shape index (κ2) is 5.13. The summed E-state index contributed by atoms with van der Waals surface area (Å²) in [6.45, 7) is 6.27. The number of aromatic nitrogens is 4. The number of nitrogens with zero attached hydrogens (tertiary/aromatic N) is 4. The molecule has 21 heavy (non-hydrogen) atoms. The lowest BCUT2D eigenvalue weighted by Gasteiger charge is -2.12. The fourth-order valence-corrected chi connectivity index (χ4v) is 2.65. The maximum Gasteiger partial charge on any atom is 0.300 e. The van der Waals surface area contributed by atoms with Gasteiger partial charge >= 0.3 is 0 Å². The van der Waals surface area contributed by atoms with Gasteiger partial charge in [-0.25, -0.2) is 9.55 Å². The molecule has 0 amide bonds. The first-order valence-electron chi connectivity index (χ1n) is 7.00. The highest BCUT2D eigenvalue weighted by Gasteiger charge is 2.17. The summed E-state index contributed by atoms with van der Waals surface area (Å²) in [7, 11) is 2.02. The molecule has 2 heterocycles. The van der Waals surface area contributed by atoms with Crippen molar-refractivity contribution in [3.05, 3.63) is 59.9 Å². The molecule has 1 aromatic carbocycles. The molecule has 2 aromatic heterocycles. The van der Waals surface area contributed by atoms with Crippen LogP contribution in [-0.2, 0) is 7.05 Å². The van der Waals surface area contributed by atoms with E-state index in [-0.39, 0.29) is 0 Å². The third-order valence-electron chi connectivity index (χ3n) is 3.78. The molecule has 3 aromatic rings. The molecule has 0 spiro atoms. The molecule has 0 N–H and O–H groups in total. The highest BCUT2D eigenvalue weighted by Crippen LogP contribution is 2.26. The van der Waals surface area contributed by atoms with Crippen molar-refractivity contribution in [3.63, 3.8) is 0 Å². The van der Waals surface area contributed by atoms with E-state index in [0.717, 1.165) is 22.9 Å². The zero-order valence-corrected chi connectivity index (χ0v) is 12.8. The Morgan fingerprint density at radius 2 is 1.86 bits per heavy atom. The summed E-state index contributed by atoms with van der Waals surface area (Å²) in [4.78, 5) is 8.86. The third-order valence-corrected chi connectivity index (χ3v) is 3.78. The standard InChI is InChI=1S/C17H19N4/c1-12-10-15(17-19-7-9-20(17)4)13(2)16(11-12)21-8-5-6-18-14(21)3/h5-11H,1-4H3/q+1. The van der Waals surface area contributed by atoms with Crippen molar-refractivity contribution in [1.29, 1.82) is 0 Å². The van der Waals surface area contributed by atoms with Crippen LogP contribution in [0.1, 0.15) is 17.0 Å². The first kappa shape index (κ1) is 13.5. The van der Waals surface area contributed by atoms with Gasteiger partial charge in [0.1, 0.15) is 23.9 Å². The first-order valence-corrected chi connectivity index (χ1v) is 7.00. The monoisotopic (exact) mass is 279 g/mol. The van der Waals surface area contributed by atoms with E-state index in [4.69, 9.17) is 0 Å². The van der Waals surface area contributed by atoms with E-state index in [1.807, 2.05) is 49.4 Å². The van der Waals surface area contributed by atoms with Crippen molar-refractivity contribution in [3.8, 4) is 17.1 Å². The van der Waals surface area contributed by atoms with Gasteiger partial charge in [0, 0.05) is 43.6 Å². The molecule has 4 nitrogen and oxygen atoms in total. The van der Waals surface area contributed by atoms with E-state index < -0.39 is 0 Å². The Morgan fingerprint density at radius 3 is 2.52 bits per heavy atom. The van der Waals surface area contributed by atoms with Gasteiger partial charge in [-0.05, 0) is 31.5 Å². The topological polar surface area (TPSA) is 34.6 Å². The molecule has 106 valence electrons. The summed E-state index contributed by atoms with van der Waals surface area (Å²) in [6.07, 6.45) is 7.67. The fraction of sp³-hybridized carbons (Fsp3) is 0.235. The molecule has 0 aliphatic heterocycles. The first-order chi connectivity index (χ1) is 10.1. The van der Waals surface area contributed by atoms with Crippen LogP contribution >= 0.6 is 0 Å². The second-order valence-corrected chi connectivity index (χ2v) is 5.36. The van der Waals surface area contributed by atoms with Gasteiger partial charge in [-0.2, -0.15) is 0 Å². The lowest BCUT2D eigenvalue weighted by molar-refractivity contribution is -0.606. The highest BCUT2D eigenvalue weighted by atomic mass is 15.0. The fourth-order valence-electron chi connectivity index (χ4n) is 2.65. The van der Waals surface area contributed by atoms with Crippen LogP contribution in [0.2, 0.25) is 0 Å². The second-order valence-electron chi connectivity index (χ2n) is 5.36. The molecule has 0 radical (unpaired) electrons. The lowest BCUT2D eigenvalue weighted by Crippen LogP contribution is -2.35. The third kappa shape index (κ3) is 2.33. The maximum atomic E-state index is 4.48. The summed E-state index contributed by atoms with van der Waals surface area (Å²) in [5.74, 6) is 1.96. The quantitative estimate of drug-likeness (QED) is 0.676. The zero-order valence-electron chi connectivity index (χ0n) is 12.8. The van der Waals surface area contributed by atoms with Crippen LogP contribution in [0.5, 0.6) is 0 Å². The van der Waals surface area contributed by atoms with Crippen LogP contribution in [0.15, 0.2) is 43.0 Å². The molecule has 0 bridgehead atoms. The number of rotatable bonds is 2. The van der Waals surface area contributed by atoms with E-state index in [1.165, 1.54) is 11.1 Å². The van der Waals surface area contributed by atoms with Crippen molar-refractivity contribution in [1.82, 2.24) is 14.5 Å². The summed E-state index contributed by atoms with van der Waals surface area (Å²) in [5, 5.41) is 0. The van der Waals surface area contributed by atoms with Crippen LogP contribution < -0.4 is 4.57 Å². The SMILES string of the molecule is Cc1cc(-c2nccn2C)c(C)c(-[n+]2cccnc2C)c1. The number of aryl methyl sites for hydroxylation is 3. The van der Waals surface area contributed by atoms with Gasteiger partial charge in [0.2, 0.25) is 0 Å². The van der Waals surface area contributed by atoms with Crippen molar-refractivity contribution >= 4 is 0 Å². The van der Waals surface area contributed by atoms with E-state index in [2.05, 4.69) is 40.5 Å². The Morgan fingerprint density at radius 1 is 1.05 bits per heavy atom. The van der Waals surface area contributed by atoms with E-state index >= 15 is 0 Å². The Kier molecular flexibility index (Phi) is 3.29. The number of hydrogen-bond acceptors (Lipinski definition) is 2. The van der Waals surface area contributed by atoms with Crippen LogP contribution in [-0.4, -0.2) is 14.5 Å². The average Bonchev–Trinajstić information content (AvgIpc) is 2.88. The largest absolute Gasteiger partial charge is 0.334 e. The van der Waals surface area contributed by atoms with E-state index in [9.17, 15) is 0 Å². The van der Waals surface area contributed by atoms with Gasteiger partial charge in [-0.3, -0.25) is 0 Å². The van der Waals surface area contributed by atoms with Crippen molar-refractivity contribution in [2.75, 3.05) is 0 Å². The minimum atomic E-state index is 0.969. The minimum absolute atomic E-state index is 0.969. The van der Waals surface area contributed by atoms with Gasteiger partial charge in [-0.1, -0.05) is 4.98 Å². The van der Waals surface area contributed by atoms with Gasteiger partial charge in [0.25, 0.3) is 5.82 Å². The number of imidazole rings is 1. The zero-order chi connectivity index (χ0) is 15.0. The molecular formula is C17H19N4+. The van der Waals surface area contributed by atoms with Crippen molar-refractivity contribution in [2.45, 2.75) is 20.8 Å². The van der Waals surface area contributed by atoms with Gasteiger partial charge < -0.3 is 4.57 Å². The molecule has 4 heteroatoms. The molecule has 0 fully saturated rings. The predicted octanol–water partition coefficient (Wildman–Crippen LogP) is 2.68. The van der Waals surface area contributed by atoms with Crippen LogP contribution in [0.3, 0.4) is 0 Å². The minimum Gasteiger partial charge on any atom is -0.334 e. The van der Waals surface area contributed by atoms with Crippen molar-refractivity contribution in [2.24, 2.45) is 7.05 Å². The molecule has 0 unspecified atom stereocenters. The van der Waals surface area contributed by atoms with Gasteiger partial charge in [-0.15, -0.1) is 0 Å². The average molecular weight is 279 g/mol. The molecular weight excluding hydrogens is 260 g/mol. The summed E-state index contributed by atoms with van der Waals surface area (Å²) in [5.41, 5.74) is 4.73. The summed E-state index contributed by atoms with van der Waals surface area (Å²) >= 11 is 0. The molecule has 0 saturated carbocycles. The maximum absolute atomic E-state index is 4.48. The Bertz CT molecular complexity index is 802. The van der Waals surface area contributed by atoms with Gasteiger partial charge in [0.05, 0.1) is 0 Å². The van der Waals surface area contributed by atoms with Crippen molar-refractivity contribution < 1.29 is 4.57 Å². The molecule has 0 aliphatic carbocycles. The molecule has 3 rings (SSSR count). The van der Waals surface area contributed by atoms with E-state index in [0.29, 0.717) is 0 Å². The Hall–Kier alpha value is -2.49. The molecule has 0 atom stereocenters. The van der Waals surface area contributed by atoms with E-state index in [1.54, 1.807) is 0 Å².